The molecule has 0 radical (unpaired) electrons. The lowest BCUT2D eigenvalue weighted by molar-refractivity contribution is -0.152. The Balaban J connectivity index is 1.67. The van der Waals surface area contributed by atoms with Gasteiger partial charge in [-0.05, 0) is 19.3 Å². The molecular weight excluding hydrogens is 248 g/mol. The van der Waals surface area contributed by atoms with Gasteiger partial charge < -0.3 is 15.4 Å². The van der Waals surface area contributed by atoms with E-state index >= 15 is 0 Å². The quantitative estimate of drug-likeness (QED) is 0.591. The van der Waals surface area contributed by atoms with Crippen molar-refractivity contribution in [3.8, 4) is 0 Å². The first-order valence-corrected chi connectivity index (χ1v) is 6.41. The fourth-order valence-corrected chi connectivity index (χ4v) is 2.60. The van der Waals surface area contributed by atoms with Crippen molar-refractivity contribution in [3.05, 3.63) is 17.7 Å². The van der Waals surface area contributed by atoms with Gasteiger partial charge in [-0.15, -0.1) is 0 Å². The number of aromatic nitrogens is 2. The number of hydrogen-bond donors (Lipinski definition) is 4. The summed E-state index contributed by atoms with van der Waals surface area (Å²) in [5, 5.41) is 15.0. The van der Waals surface area contributed by atoms with Crippen molar-refractivity contribution in [1.82, 2.24) is 20.6 Å². The van der Waals surface area contributed by atoms with Crippen LogP contribution in [-0.4, -0.2) is 38.5 Å². The molecule has 1 aliphatic heterocycles. The van der Waals surface area contributed by atoms with Crippen molar-refractivity contribution in [3.63, 3.8) is 0 Å². The molecule has 102 valence electrons. The maximum Gasteiger partial charge on any atom is 0.329 e. The number of nitrogens with zero attached hydrogens (tertiary/aromatic N) is 1. The summed E-state index contributed by atoms with van der Waals surface area (Å²) in [6, 6.07) is -0.410. The van der Waals surface area contributed by atoms with Crippen molar-refractivity contribution in [2.45, 2.75) is 43.8 Å². The molecule has 1 atom stereocenters. The number of carboxylic acids is 1. The van der Waals surface area contributed by atoms with Gasteiger partial charge in [0, 0.05) is 13.0 Å². The van der Waals surface area contributed by atoms with Crippen LogP contribution in [0.2, 0.25) is 0 Å². The zero-order valence-electron chi connectivity index (χ0n) is 10.4. The third kappa shape index (κ3) is 1.99. The van der Waals surface area contributed by atoms with E-state index in [2.05, 4.69) is 20.6 Å². The first-order chi connectivity index (χ1) is 9.11. The topological polar surface area (TPSA) is 107 Å². The predicted molar refractivity (Wildman–Crippen MR) is 65.3 cm³/mol. The summed E-state index contributed by atoms with van der Waals surface area (Å²) in [6.45, 7) is 0.549. The average Bonchev–Trinajstić information content (AvgIpc) is 2.79. The van der Waals surface area contributed by atoms with Gasteiger partial charge in [0.25, 0.3) is 0 Å². The lowest BCUT2D eigenvalue weighted by Crippen LogP contribution is -2.63. The third-order valence-corrected chi connectivity index (χ3v) is 4.03. The summed E-state index contributed by atoms with van der Waals surface area (Å²) < 4.78 is 0. The van der Waals surface area contributed by atoms with Gasteiger partial charge in [-0.1, -0.05) is 0 Å². The van der Waals surface area contributed by atoms with Crippen molar-refractivity contribution in [2.24, 2.45) is 0 Å². The Bertz CT molecular complexity index is 521. The Morgan fingerprint density at radius 2 is 2.26 bits per heavy atom. The summed E-state index contributed by atoms with van der Waals surface area (Å²) >= 11 is 0. The highest BCUT2D eigenvalue weighted by Crippen LogP contribution is 2.32. The van der Waals surface area contributed by atoms with E-state index < -0.39 is 17.6 Å². The number of hydrogen-bond acceptors (Lipinski definition) is 4. The van der Waals surface area contributed by atoms with Crippen LogP contribution >= 0.6 is 0 Å². The van der Waals surface area contributed by atoms with Crippen LogP contribution in [0.15, 0.2) is 6.33 Å². The zero-order valence-corrected chi connectivity index (χ0v) is 10.4. The molecule has 2 heterocycles. The SMILES string of the molecule is O=C(NC1(C(=O)O)CCC1)C1Cc2nc[nH]c2CN1. The predicted octanol–water partition coefficient (Wildman–Crippen LogP) is -0.453. The zero-order chi connectivity index (χ0) is 13.5. The lowest BCUT2D eigenvalue weighted by Gasteiger charge is -2.39. The van der Waals surface area contributed by atoms with Gasteiger partial charge in [-0.3, -0.25) is 10.1 Å². The van der Waals surface area contributed by atoms with Crippen LogP contribution in [0.25, 0.3) is 0 Å². The number of imidazole rings is 1. The largest absolute Gasteiger partial charge is 0.480 e. The first kappa shape index (κ1) is 12.2. The number of carbonyl (C=O) groups excluding carboxylic acids is 1. The van der Waals surface area contributed by atoms with Crippen LogP contribution in [0.4, 0.5) is 0 Å². The lowest BCUT2D eigenvalue weighted by atomic mass is 9.76. The molecule has 19 heavy (non-hydrogen) atoms. The number of amides is 1. The Hall–Kier alpha value is -1.89. The summed E-state index contributed by atoms with van der Waals surface area (Å²) in [4.78, 5) is 30.6. The van der Waals surface area contributed by atoms with Gasteiger partial charge >= 0.3 is 5.97 Å². The van der Waals surface area contributed by atoms with Gasteiger partial charge in [-0.2, -0.15) is 0 Å². The fourth-order valence-electron chi connectivity index (χ4n) is 2.60. The molecule has 1 fully saturated rings. The van der Waals surface area contributed by atoms with Crippen LogP contribution in [0.5, 0.6) is 0 Å². The molecule has 1 aromatic heterocycles. The van der Waals surface area contributed by atoms with Gasteiger partial charge in [0.1, 0.15) is 5.54 Å². The number of fused-ring (bicyclic) bond motifs is 1. The number of carbonyl (C=O) groups is 2. The van der Waals surface area contributed by atoms with Crippen LogP contribution in [0, 0.1) is 0 Å². The number of rotatable bonds is 3. The molecule has 1 aromatic rings. The molecule has 1 amide bonds. The Morgan fingerprint density at radius 3 is 2.89 bits per heavy atom. The molecule has 3 rings (SSSR count). The monoisotopic (exact) mass is 264 g/mol. The summed E-state index contributed by atoms with van der Waals surface area (Å²) in [7, 11) is 0. The van der Waals surface area contributed by atoms with E-state index in [9.17, 15) is 14.7 Å². The highest BCUT2D eigenvalue weighted by Gasteiger charge is 2.46. The van der Waals surface area contributed by atoms with Crippen LogP contribution < -0.4 is 10.6 Å². The number of nitrogens with one attached hydrogen (secondary N) is 3. The number of aromatic amines is 1. The molecular formula is C12H16N4O3. The van der Waals surface area contributed by atoms with E-state index in [1.54, 1.807) is 6.33 Å². The van der Waals surface area contributed by atoms with Crippen LogP contribution in [0.3, 0.4) is 0 Å². The van der Waals surface area contributed by atoms with Crippen molar-refractivity contribution >= 4 is 11.9 Å². The number of aliphatic carboxylic acids is 1. The minimum atomic E-state index is -1.05. The van der Waals surface area contributed by atoms with Crippen LogP contribution in [-0.2, 0) is 22.6 Å². The Morgan fingerprint density at radius 1 is 1.47 bits per heavy atom. The Kier molecular flexibility index (Phi) is 2.78. The van der Waals surface area contributed by atoms with Crippen molar-refractivity contribution in [1.29, 1.82) is 0 Å². The molecule has 1 saturated carbocycles. The molecule has 0 aromatic carbocycles. The maximum atomic E-state index is 12.2. The molecule has 4 N–H and O–H groups in total. The van der Waals surface area contributed by atoms with Gasteiger partial charge in [0.2, 0.25) is 5.91 Å². The molecule has 1 unspecified atom stereocenters. The number of carboxylic acid groups (broad SMARTS) is 1. The minimum Gasteiger partial charge on any atom is -0.480 e. The normalized spacial score (nSPS) is 24.1. The second-order valence-electron chi connectivity index (χ2n) is 5.20. The Labute approximate surface area is 109 Å². The second-order valence-corrected chi connectivity index (χ2v) is 5.20. The summed E-state index contributed by atoms with van der Waals surface area (Å²) in [6.07, 6.45) is 3.95. The summed E-state index contributed by atoms with van der Waals surface area (Å²) in [5.41, 5.74) is 0.808. The molecule has 0 bridgehead atoms. The van der Waals surface area contributed by atoms with E-state index in [4.69, 9.17) is 0 Å². The highest BCUT2D eigenvalue weighted by molar-refractivity contribution is 5.90. The highest BCUT2D eigenvalue weighted by atomic mass is 16.4. The van der Waals surface area contributed by atoms with E-state index in [0.717, 1.165) is 17.8 Å². The van der Waals surface area contributed by atoms with E-state index in [1.807, 2.05) is 0 Å². The maximum absolute atomic E-state index is 12.2. The molecule has 7 heteroatoms. The minimum absolute atomic E-state index is 0.254. The molecule has 0 spiro atoms. The fraction of sp³-hybridized carbons (Fsp3) is 0.583. The number of H-pyrrole nitrogens is 1. The van der Waals surface area contributed by atoms with Crippen LogP contribution in [0.1, 0.15) is 30.7 Å². The molecule has 7 nitrogen and oxygen atoms in total. The van der Waals surface area contributed by atoms with E-state index in [-0.39, 0.29) is 5.91 Å². The van der Waals surface area contributed by atoms with Gasteiger partial charge in [0.15, 0.2) is 0 Å². The standard InChI is InChI=1S/C12H16N4O3/c17-10(16-12(11(18)19)2-1-3-12)8-4-7-9(5-13-8)15-6-14-7/h6,8,13H,1-5H2,(H,14,15)(H,16,17)(H,18,19). The molecule has 0 saturated heterocycles. The average molecular weight is 264 g/mol. The van der Waals surface area contributed by atoms with Gasteiger partial charge in [-0.25, -0.2) is 9.78 Å². The van der Waals surface area contributed by atoms with E-state index in [0.29, 0.717) is 25.8 Å². The summed E-state index contributed by atoms with van der Waals surface area (Å²) in [5.74, 6) is -1.20. The van der Waals surface area contributed by atoms with Crippen molar-refractivity contribution in [2.75, 3.05) is 0 Å². The second kappa shape index (κ2) is 4.34. The van der Waals surface area contributed by atoms with Crippen molar-refractivity contribution < 1.29 is 14.7 Å². The van der Waals surface area contributed by atoms with Gasteiger partial charge in [0.05, 0.1) is 23.8 Å². The van der Waals surface area contributed by atoms with E-state index in [1.165, 1.54) is 0 Å². The smallest absolute Gasteiger partial charge is 0.329 e. The molecule has 2 aliphatic rings. The third-order valence-electron chi connectivity index (χ3n) is 4.03. The first-order valence-electron chi connectivity index (χ1n) is 6.41. The molecule has 1 aliphatic carbocycles.